The van der Waals surface area contributed by atoms with Crippen LogP contribution in [-0.4, -0.2) is 27.4 Å². The Hall–Kier alpha value is -2.99. The van der Waals surface area contributed by atoms with Crippen molar-refractivity contribution in [3.05, 3.63) is 70.1 Å². The van der Waals surface area contributed by atoms with Crippen molar-refractivity contribution in [2.45, 2.75) is 19.9 Å². The Labute approximate surface area is 144 Å². The molecule has 1 heterocycles. The van der Waals surface area contributed by atoms with Gasteiger partial charge in [-0.2, -0.15) is 5.10 Å². The van der Waals surface area contributed by atoms with Gasteiger partial charge in [0.05, 0.1) is 11.1 Å². The van der Waals surface area contributed by atoms with Gasteiger partial charge in [0, 0.05) is 17.7 Å². The van der Waals surface area contributed by atoms with Crippen LogP contribution in [0.25, 0.3) is 10.8 Å². The molecule has 0 aliphatic carbocycles. The Morgan fingerprint density at radius 3 is 2.48 bits per heavy atom. The number of anilines is 1. The maximum absolute atomic E-state index is 12.5. The van der Waals surface area contributed by atoms with Crippen molar-refractivity contribution in [3.63, 3.8) is 0 Å². The van der Waals surface area contributed by atoms with Crippen LogP contribution < -0.4 is 10.9 Å². The molecule has 0 atom stereocenters. The summed E-state index contributed by atoms with van der Waals surface area (Å²) in [6.45, 7) is 1.75. The molecule has 0 fully saturated rings. The largest absolute Gasteiger partial charge is 0.396 e. The summed E-state index contributed by atoms with van der Waals surface area (Å²) < 4.78 is 1.19. The number of aliphatic hydroxyl groups is 1. The van der Waals surface area contributed by atoms with Crippen LogP contribution in [0.3, 0.4) is 0 Å². The molecule has 0 aliphatic rings. The Morgan fingerprint density at radius 2 is 1.80 bits per heavy atom. The third kappa shape index (κ3) is 3.75. The number of benzene rings is 2. The van der Waals surface area contributed by atoms with Gasteiger partial charge in [0.15, 0.2) is 0 Å². The van der Waals surface area contributed by atoms with Gasteiger partial charge in [-0.3, -0.25) is 9.59 Å². The normalized spacial score (nSPS) is 10.8. The summed E-state index contributed by atoms with van der Waals surface area (Å²) in [5.74, 6) is -0.320. The summed E-state index contributed by atoms with van der Waals surface area (Å²) in [5, 5.41) is 17.2. The highest BCUT2D eigenvalue weighted by atomic mass is 16.3. The van der Waals surface area contributed by atoms with Crippen molar-refractivity contribution < 1.29 is 9.90 Å². The number of aliphatic hydroxyl groups excluding tert-OH is 1. The number of nitrogens with zero attached hydrogens (tertiary/aromatic N) is 2. The predicted molar refractivity (Wildman–Crippen MR) is 96.6 cm³/mol. The molecule has 25 heavy (non-hydrogen) atoms. The van der Waals surface area contributed by atoms with Gasteiger partial charge in [-0.25, -0.2) is 4.68 Å². The number of aryl methyl sites for hydroxylation is 1. The van der Waals surface area contributed by atoms with Crippen LogP contribution in [0.15, 0.2) is 53.3 Å². The molecule has 0 saturated carbocycles. The van der Waals surface area contributed by atoms with Crippen LogP contribution in [0.4, 0.5) is 5.69 Å². The standard InChI is InChI=1S/C19H19N3O3/c1-13-16-4-2-3-5-17(16)19(25)22(21-13)12-18(24)20-15-8-6-14(7-9-15)10-11-23/h2-9,23H,10-12H2,1H3,(H,20,24). The summed E-state index contributed by atoms with van der Waals surface area (Å²) in [6.07, 6.45) is 0.573. The van der Waals surface area contributed by atoms with Gasteiger partial charge in [0.2, 0.25) is 5.91 Å². The molecule has 0 bridgehead atoms. The number of amides is 1. The van der Waals surface area contributed by atoms with E-state index in [0.29, 0.717) is 23.2 Å². The van der Waals surface area contributed by atoms with Gasteiger partial charge in [-0.05, 0) is 37.1 Å². The maximum atomic E-state index is 12.5. The molecular weight excluding hydrogens is 318 g/mol. The van der Waals surface area contributed by atoms with Gasteiger partial charge in [0.1, 0.15) is 6.54 Å². The molecule has 2 N–H and O–H groups in total. The lowest BCUT2D eigenvalue weighted by Crippen LogP contribution is -2.30. The lowest BCUT2D eigenvalue weighted by molar-refractivity contribution is -0.117. The summed E-state index contributed by atoms with van der Waals surface area (Å²) in [7, 11) is 0. The van der Waals surface area contributed by atoms with E-state index in [1.165, 1.54) is 4.68 Å². The van der Waals surface area contributed by atoms with Gasteiger partial charge in [-0.1, -0.05) is 30.3 Å². The smallest absolute Gasteiger partial charge is 0.275 e. The molecule has 0 radical (unpaired) electrons. The molecule has 0 spiro atoms. The van der Waals surface area contributed by atoms with Crippen LogP contribution >= 0.6 is 0 Å². The number of rotatable bonds is 5. The topological polar surface area (TPSA) is 84.2 Å². The van der Waals surface area contributed by atoms with Gasteiger partial charge < -0.3 is 10.4 Å². The van der Waals surface area contributed by atoms with Crippen molar-refractivity contribution >= 4 is 22.4 Å². The second-order valence-corrected chi connectivity index (χ2v) is 5.81. The lowest BCUT2D eigenvalue weighted by Gasteiger charge is -2.10. The van der Waals surface area contributed by atoms with E-state index in [2.05, 4.69) is 10.4 Å². The zero-order chi connectivity index (χ0) is 17.8. The highest BCUT2D eigenvalue weighted by molar-refractivity contribution is 5.91. The molecule has 6 heteroatoms. The minimum Gasteiger partial charge on any atom is -0.396 e. The maximum Gasteiger partial charge on any atom is 0.275 e. The summed E-state index contributed by atoms with van der Waals surface area (Å²) >= 11 is 0. The van der Waals surface area contributed by atoms with Gasteiger partial charge in [-0.15, -0.1) is 0 Å². The van der Waals surface area contributed by atoms with Crippen molar-refractivity contribution in [1.29, 1.82) is 0 Å². The van der Waals surface area contributed by atoms with Crippen LogP contribution in [-0.2, 0) is 17.8 Å². The first-order chi connectivity index (χ1) is 12.1. The predicted octanol–water partition coefficient (Wildman–Crippen LogP) is 1.88. The lowest BCUT2D eigenvalue weighted by atomic mass is 10.1. The second kappa shape index (κ2) is 7.27. The Bertz CT molecular complexity index is 962. The first-order valence-corrected chi connectivity index (χ1v) is 8.04. The zero-order valence-electron chi connectivity index (χ0n) is 13.9. The van der Waals surface area contributed by atoms with E-state index in [1.807, 2.05) is 31.2 Å². The molecular formula is C19H19N3O3. The fourth-order valence-corrected chi connectivity index (χ4v) is 2.73. The number of nitrogens with one attached hydrogen (secondary N) is 1. The Kier molecular flexibility index (Phi) is 4.90. The number of aromatic nitrogens is 2. The Balaban J connectivity index is 1.78. The molecule has 1 amide bonds. The van der Waals surface area contributed by atoms with Crippen LogP contribution in [0.2, 0.25) is 0 Å². The van der Waals surface area contributed by atoms with Crippen molar-refractivity contribution in [3.8, 4) is 0 Å². The quantitative estimate of drug-likeness (QED) is 0.744. The second-order valence-electron chi connectivity index (χ2n) is 5.81. The molecule has 2 aromatic carbocycles. The molecule has 0 aliphatic heterocycles. The molecule has 6 nitrogen and oxygen atoms in total. The number of hydrogen-bond acceptors (Lipinski definition) is 4. The summed E-state index contributed by atoms with van der Waals surface area (Å²) in [4.78, 5) is 24.7. The van der Waals surface area contributed by atoms with Gasteiger partial charge >= 0.3 is 0 Å². The minimum atomic E-state index is -0.320. The first-order valence-electron chi connectivity index (χ1n) is 8.04. The minimum absolute atomic E-state index is 0.0849. The fourth-order valence-electron chi connectivity index (χ4n) is 2.73. The fraction of sp³-hybridized carbons (Fsp3) is 0.211. The molecule has 1 aromatic heterocycles. The number of fused-ring (bicyclic) bond motifs is 1. The zero-order valence-corrected chi connectivity index (χ0v) is 13.9. The van der Waals surface area contributed by atoms with Crippen LogP contribution in [0.5, 0.6) is 0 Å². The SMILES string of the molecule is Cc1nn(CC(=O)Nc2ccc(CCO)cc2)c(=O)c2ccccc12. The summed E-state index contributed by atoms with van der Waals surface area (Å²) in [6, 6.07) is 14.5. The highest BCUT2D eigenvalue weighted by Crippen LogP contribution is 2.12. The van der Waals surface area contributed by atoms with E-state index in [4.69, 9.17) is 5.11 Å². The molecule has 3 rings (SSSR count). The van der Waals surface area contributed by atoms with E-state index in [-0.39, 0.29) is 24.6 Å². The summed E-state index contributed by atoms with van der Waals surface area (Å²) in [5.41, 5.74) is 2.05. The number of hydrogen-bond donors (Lipinski definition) is 2. The average Bonchev–Trinajstić information content (AvgIpc) is 2.61. The molecule has 0 saturated heterocycles. The highest BCUT2D eigenvalue weighted by Gasteiger charge is 2.11. The van der Waals surface area contributed by atoms with Crippen LogP contribution in [0.1, 0.15) is 11.3 Å². The molecule has 0 unspecified atom stereocenters. The number of carbonyl (C=O) groups is 1. The third-order valence-corrected chi connectivity index (χ3v) is 3.98. The van der Waals surface area contributed by atoms with Crippen molar-refractivity contribution in [1.82, 2.24) is 9.78 Å². The van der Waals surface area contributed by atoms with E-state index < -0.39 is 0 Å². The molecule has 3 aromatic rings. The van der Waals surface area contributed by atoms with E-state index in [9.17, 15) is 9.59 Å². The van der Waals surface area contributed by atoms with E-state index in [0.717, 1.165) is 10.9 Å². The van der Waals surface area contributed by atoms with Crippen LogP contribution in [0, 0.1) is 6.92 Å². The monoisotopic (exact) mass is 337 g/mol. The molecule has 128 valence electrons. The van der Waals surface area contributed by atoms with E-state index in [1.54, 1.807) is 24.3 Å². The van der Waals surface area contributed by atoms with Gasteiger partial charge in [0.25, 0.3) is 5.56 Å². The van der Waals surface area contributed by atoms with Crippen molar-refractivity contribution in [2.24, 2.45) is 0 Å². The number of carbonyl (C=O) groups excluding carboxylic acids is 1. The third-order valence-electron chi connectivity index (χ3n) is 3.98. The average molecular weight is 337 g/mol. The van der Waals surface area contributed by atoms with Crippen molar-refractivity contribution in [2.75, 3.05) is 11.9 Å². The van der Waals surface area contributed by atoms with E-state index >= 15 is 0 Å². The Morgan fingerprint density at radius 1 is 1.12 bits per heavy atom. The first kappa shape index (κ1) is 16.9.